The molecule has 29 nitrogen and oxygen atoms in total. The number of piperidine rings is 2. The average Bonchev–Trinajstić information content (AvgIpc) is 1.64. The molecule has 0 bridgehead atoms. The number of esters is 3. The maximum absolute atomic E-state index is 12.9. The standard InChI is InChI=1S/C26H28N4O4.C18H21N3O4.C12H15NO4.C10H11NO4.C8H9Br2N.C8H11NO2.CH4/c31-24-9-8-22(25(32)28-24)30-15-17-13-18(6-7-19(17)26(30)33)34-23-5-1-4-21(23)29-12-10-20-16(14-29)3-2-11-27-20;19-13-2-1-3-15(13)25-11-4-5-12-10(8-11)9-21(18(12)24)14-6-7-16(22)20-17(14)23;1-3-16-11(14)8-10-9(6-5-7-13-10)12(15)17-4-2;1-2-15-9(12)6-8-7(10(13)14)4-3-5-11-8;9-4-3-8-7(6-10)2-1-5-11-8;10-5-3-8-7(6-11)2-1-4-9-8;/h2-3,6-7,11,13,21-23H,1,4-5,8-10,12,14-15H2,(H,28,31,32);4-5,8,13-15H,1-3,6-7,9,19H2,(H,20,22,23);5-7H,3-4,8H2,1-2H3;3-5H,2,6H2,1H3,(H,13,14);1-2,5H,3-4,6H2;1-2,4,10-11H,3,5-6H2;1H4/t21-,22?,23-;13-,14?,15-;;;;;/m00...../s1. The van der Waals surface area contributed by atoms with Gasteiger partial charge in [-0.05, 0) is 185 Å². The highest BCUT2D eigenvalue weighted by molar-refractivity contribution is 9.09. The smallest absolute Gasteiger partial charge is 0.339 e. The molecule has 2 saturated heterocycles. The van der Waals surface area contributed by atoms with Gasteiger partial charge in [-0.15, -0.1) is 0 Å². The molecule has 0 spiro atoms. The summed E-state index contributed by atoms with van der Waals surface area (Å²) >= 11 is 6.82. The number of carboxylic acid groups (broad SMARTS) is 1. The van der Waals surface area contributed by atoms with Gasteiger partial charge < -0.3 is 54.5 Å². The summed E-state index contributed by atoms with van der Waals surface area (Å²) in [6, 6.07) is 28.2. The Hall–Kier alpha value is -10.3. The summed E-state index contributed by atoms with van der Waals surface area (Å²) in [6.07, 6.45) is 18.3. The summed E-state index contributed by atoms with van der Waals surface area (Å²) < 4.78 is 26.9. The number of nitrogens with one attached hydrogen (secondary N) is 2. The van der Waals surface area contributed by atoms with Crippen molar-refractivity contribution in [3.8, 4) is 11.5 Å². The number of imide groups is 2. The number of ether oxygens (including phenoxy) is 5. The third-order valence-corrected chi connectivity index (χ3v) is 20.7. The van der Waals surface area contributed by atoms with Gasteiger partial charge in [0.15, 0.2) is 0 Å². The first-order valence-corrected chi connectivity index (χ1v) is 40.0. The third-order valence-electron chi connectivity index (χ3n) is 19.7. The van der Waals surface area contributed by atoms with E-state index in [0.717, 1.165) is 103 Å². The van der Waals surface area contributed by atoms with Crippen LogP contribution in [-0.2, 0) is 107 Å². The number of aryl methyl sites for hydroxylation is 1. The van der Waals surface area contributed by atoms with Crippen LogP contribution in [0.25, 0.3) is 0 Å². The highest BCUT2D eigenvalue weighted by atomic mass is 79.9. The monoisotopic (exact) mass is 1700 g/mol. The van der Waals surface area contributed by atoms with E-state index in [4.69, 9.17) is 44.7 Å². The van der Waals surface area contributed by atoms with Crippen molar-refractivity contribution in [3.05, 3.63) is 207 Å². The molecule has 7 N–H and O–H groups in total. The Bertz CT molecular complexity index is 4450. The molecule has 7 aromatic rings. The number of fused-ring (bicyclic) bond motifs is 3. The number of rotatable bonds is 22. The number of nitrogens with zero attached hydrogens (tertiary/aromatic N) is 8. The lowest BCUT2D eigenvalue weighted by molar-refractivity contribution is -0.143. The van der Waals surface area contributed by atoms with Crippen LogP contribution in [0.3, 0.4) is 0 Å². The number of aromatic nitrogens is 5. The highest BCUT2D eigenvalue weighted by Crippen LogP contribution is 2.36. The number of pyridine rings is 5. The van der Waals surface area contributed by atoms with Gasteiger partial charge >= 0.3 is 23.9 Å². The van der Waals surface area contributed by atoms with Crippen molar-refractivity contribution in [3.63, 3.8) is 0 Å². The van der Waals surface area contributed by atoms with E-state index < -0.39 is 41.9 Å². The zero-order valence-electron chi connectivity index (χ0n) is 63.3. The number of aliphatic hydroxyl groups is 2. The van der Waals surface area contributed by atoms with Crippen molar-refractivity contribution < 1.29 is 86.9 Å². The number of hydrogen-bond donors (Lipinski definition) is 6. The van der Waals surface area contributed by atoms with E-state index in [2.05, 4.69) is 84.4 Å². The van der Waals surface area contributed by atoms with Crippen molar-refractivity contribution in [2.75, 3.05) is 38.3 Å². The molecule has 608 valence electrons. The number of carbonyl (C=O) groups is 10. The van der Waals surface area contributed by atoms with E-state index in [1.165, 1.54) is 51.9 Å². The van der Waals surface area contributed by atoms with Crippen molar-refractivity contribution in [1.82, 2.24) is 50.3 Å². The SMILES string of the molecule is BrCCc1ncccc1CBr.C.CCOC(=O)Cc1ncccc1C(=O)O.CCOC(=O)Cc1ncccc1C(=O)OCC.N[C@H]1CCC[C@@H]1Oc1ccc2c(c1)CN(C1CCC(=O)NC1=O)C2=O.O=C1CCC(N2Cc3cc(O[C@H]4CCC[C@@H]4N4CCc5ncccc5C4)ccc3C2=O)C(=O)N1.OCCc1ncccc1CO. The highest BCUT2D eigenvalue weighted by Gasteiger charge is 2.42. The molecular formula is C83H99Br2N11O18. The molecule has 2 aromatic carbocycles. The number of nitrogens with two attached hydrogens (primary N) is 1. The number of amides is 6. The van der Waals surface area contributed by atoms with Crippen LogP contribution in [0.5, 0.6) is 11.5 Å². The van der Waals surface area contributed by atoms with Gasteiger partial charge in [0.1, 0.15) is 35.8 Å². The maximum Gasteiger partial charge on any atom is 0.339 e. The van der Waals surface area contributed by atoms with E-state index >= 15 is 0 Å². The third kappa shape index (κ3) is 24.6. The number of alkyl halides is 2. The first-order valence-electron chi connectivity index (χ1n) is 37.8. The van der Waals surface area contributed by atoms with Gasteiger partial charge in [-0.25, -0.2) is 9.59 Å². The van der Waals surface area contributed by atoms with Gasteiger partial charge in [0, 0.05) is 140 Å². The molecule has 5 aromatic heterocycles. The van der Waals surface area contributed by atoms with Gasteiger partial charge in [0.25, 0.3) is 11.8 Å². The summed E-state index contributed by atoms with van der Waals surface area (Å²) in [5.74, 6) is -2.64. The fourth-order valence-electron chi connectivity index (χ4n) is 14.1. The van der Waals surface area contributed by atoms with Crippen LogP contribution in [0.2, 0.25) is 0 Å². The zero-order valence-corrected chi connectivity index (χ0v) is 66.5. The van der Waals surface area contributed by atoms with Crippen molar-refractivity contribution in [1.29, 1.82) is 0 Å². The van der Waals surface area contributed by atoms with Crippen LogP contribution in [0.4, 0.5) is 0 Å². The van der Waals surface area contributed by atoms with Crippen LogP contribution in [0.1, 0.15) is 190 Å². The molecule has 114 heavy (non-hydrogen) atoms. The van der Waals surface area contributed by atoms with E-state index in [1.54, 1.807) is 68.3 Å². The summed E-state index contributed by atoms with van der Waals surface area (Å²) in [6.45, 7) is 8.68. The molecule has 2 unspecified atom stereocenters. The van der Waals surface area contributed by atoms with Crippen molar-refractivity contribution in [2.45, 2.75) is 192 Å². The molecule has 14 rings (SSSR count). The Labute approximate surface area is 679 Å². The van der Waals surface area contributed by atoms with Gasteiger partial charge in [0.05, 0.1) is 61.8 Å². The van der Waals surface area contributed by atoms with Crippen LogP contribution in [0.15, 0.2) is 128 Å². The molecule has 2 saturated carbocycles. The van der Waals surface area contributed by atoms with Gasteiger partial charge in [0.2, 0.25) is 23.6 Å². The van der Waals surface area contributed by atoms with Crippen LogP contribution < -0.4 is 25.8 Å². The van der Waals surface area contributed by atoms with Crippen LogP contribution in [-0.4, -0.2) is 189 Å². The van der Waals surface area contributed by atoms with E-state index in [9.17, 15) is 47.9 Å². The molecule has 0 radical (unpaired) electrons. The first kappa shape index (κ1) is 89.2. The summed E-state index contributed by atoms with van der Waals surface area (Å²) in [5.41, 5.74) is 16.5. The van der Waals surface area contributed by atoms with Crippen molar-refractivity contribution in [2.24, 2.45) is 5.73 Å². The number of aliphatic hydroxyl groups excluding tert-OH is 2. The fourth-order valence-corrected chi connectivity index (χ4v) is 15.0. The Morgan fingerprint density at radius 2 is 1.04 bits per heavy atom. The molecule has 4 fully saturated rings. The number of benzene rings is 2. The molecule has 5 aliphatic heterocycles. The van der Waals surface area contributed by atoms with Crippen LogP contribution in [0, 0.1) is 0 Å². The van der Waals surface area contributed by atoms with Gasteiger partial charge in [-0.3, -0.25) is 78.8 Å². The number of halogens is 2. The number of aromatic carboxylic acids is 1. The fraction of sp³-hybridized carbons (Fsp3) is 0.434. The normalized spacial score (nSPS) is 19.0. The van der Waals surface area contributed by atoms with Gasteiger partial charge in [-0.1, -0.05) is 57.5 Å². The number of carboxylic acids is 1. The first-order chi connectivity index (χ1) is 54.7. The largest absolute Gasteiger partial charge is 0.489 e. The Kier molecular flexibility index (Phi) is 35.2. The lowest BCUT2D eigenvalue weighted by Crippen LogP contribution is -2.52. The Balaban J connectivity index is 0.000000180. The van der Waals surface area contributed by atoms with Gasteiger partial charge in [-0.2, -0.15) is 0 Å². The molecule has 7 aliphatic rings. The Morgan fingerprint density at radius 1 is 0.544 bits per heavy atom. The molecule has 10 heterocycles. The second kappa shape index (κ2) is 45.0. The predicted octanol–water partition coefficient (Wildman–Crippen LogP) is 8.82. The minimum atomic E-state index is -1.10. The number of hydrogen-bond acceptors (Lipinski definition) is 24. The maximum atomic E-state index is 12.9. The summed E-state index contributed by atoms with van der Waals surface area (Å²) in [4.78, 5) is 144. The molecule has 6 atom stereocenters. The Morgan fingerprint density at radius 3 is 1.54 bits per heavy atom. The lowest BCUT2D eigenvalue weighted by atomic mass is 10.0. The quantitative estimate of drug-likeness (QED) is 0.0160. The minimum absolute atomic E-state index is 0. The topological polar surface area (TPSA) is 402 Å². The molecule has 6 amide bonds. The summed E-state index contributed by atoms with van der Waals surface area (Å²) in [7, 11) is 0. The second-order valence-electron chi connectivity index (χ2n) is 27.1. The second-order valence-corrected chi connectivity index (χ2v) is 28.4. The lowest BCUT2D eigenvalue weighted by Gasteiger charge is -2.36. The van der Waals surface area contributed by atoms with Crippen molar-refractivity contribution >= 4 is 91.2 Å². The van der Waals surface area contributed by atoms with E-state index in [0.29, 0.717) is 73.1 Å². The molecule has 31 heteroatoms. The molecular weight excluding hydrogens is 1600 g/mol. The predicted molar refractivity (Wildman–Crippen MR) is 426 cm³/mol. The van der Waals surface area contributed by atoms with E-state index in [1.807, 2.05) is 48.8 Å². The average molecular weight is 1700 g/mol. The number of carbonyl (C=O) groups excluding carboxylic acids is 9. The van der Waals surface area contributed by atoms with E-state index in [-0.39, 0.29) is 119 Å². The molecule has 2 aliphatic carbocycles. The summed E-state index contributed by atoms with van der Waals surface area (Å²) in [5, 5.41) is 32.8. The van der Waals surface area contributed by atoms with Crippen LogP contribution >= 0.6 is 31.9 Å². The minimum Gasteiger partial charge on any atom is -0.489 e. The zero-order chi connectivity index (χ0) is 80.9.